The number of nitrogens with two attached hydrogens (primary N) is 1. The molecule has 7 heteroatoms. The van der Waals surface area contributed by atoms with Crippen LogP contribution in [-0.4, -0.2) is 21.9 Å². The van der Waals surface area contributed by atoms with Crippen LogP contribution in [0.25, 0.3) is 0 Å². The highest BCUT2D eigenvalue weighted by molar-refractivity contribution is 6.04. The number of primary amides is 1. The number of pyridine rings is 1. The number of hydrogen-bond acceptors (Lipinski definition) is 5. The van der Waals surface area contributed by atoms with E-state index in [-0.39, 0.29) is 28.3 Å². The molecule has 7 nitrogen and oxygen atoms in total. The Morgan fingerprint density at radius 2 is 2.05 bits per heavy atom. The first-order valence-corrected chi connectivity index (χ1v) is 5.81. The lowest BCUT2D eigenvalue weighted by molar-refractivity contribution is 0.0993. The Labute approximate surface area is 119 Å². The molecule has 0 aliphatic carbocycles. The molecule has 1 aromatic carbocycles. The fourth-order valence-corrected chi connectivity index (χ4v) is 1.59. The van der Waals surface area contributed by atoms with Gasteiger partial charge < -0.3 is 16.2 Å². The molecule has 0 saturated heterocycles. The van der Waals surface area contributed by atoms with Crippen LogP contribution >= 0.6 is 0 Å². The van der Waals surface area contributed by atoms with E-state index in [1.54, 1.807) is 0 Å². The van der Waals surface area contributed by atoms with Gasteiger partial charge in [0.1, 0.15) is 17.5 Å². The van der Waals surface area contributed by atoms with Crippen LogP contribution in [0.15, 0.2) is 36.5 Å². The van der Waals surface area contributed by atoms with Gasteiger partial charge in [-0.05, 0) is 30.3 Å². The smallest absolute Gasteiger partial charge is 0.274 e. The van der Waals surface area contributed by atoms with Crippen LogP contribution in [0.4, 0.5) is 5.69 Å². The Balaban J connectivity index is 2.22. The third kappa shape index (κ3) is 3.13. The number of carbonyl (C=O) groups excluding carboxylic acids is 2. The molecule has 0 aliphatic heterocycles. The van der Waals surface area contributed by atoms with Crippen LogP contribution in [0.3, 0.4) is 0 Å². The van der Waals surface area contributed by atoms with Crippen molar-refractivity contribution in [3.05, 3.63) is 53.3 Å². The van der Waals surface area contributed by atoms with Gasteiger partial charge in [0.15, 0.2) is 0 Å². The molecule has 0 saturated carbocycles. The summed E-state index contributed by atoms with van der Waals surface area (Å²) in [6, 6.07) is 8.58. The van der Waals surface area contributed by atoms with Crippen LogP contribution in [-0.2, 0) is 0 Å². The molecule has 1 aromatic heterocycles. The SMILES string of the molecule is N#Cc1cc(O)ccc1NC(=O)c1ccc(C(N)=O)cn1. The number of rotatable bonds is 3. The fourth-order valence-electron chi connectivity index (χ4n) is 1.59. The van der Waals surface area contributed by atoms with E-state index in [4.69, 9.17) is 11.0 Å². The molecule has 2 rings (SSSR count). The Morgan fingerprint density at radius 1 is 1.29 bits per heavy atom. The van der Waals surface area contributed by atoms with E-state index in [2.05, 4.69) is 10.3 Å². The fraction of sp³-hybridized carbons (Fsp3) is 0. The summed E-state index contributed by atoms with van der Waals surface area (Å²) >= 11 is 0. The van der Waals surface area contributed by atoms with E-state index in [1.165, 1.54) is 36.5 Å². The molecule has 104 valence electrons. The Hall–Kier alpha value is -3.40. The van der Waals surface area contributed by atoms with Crippen molar-refractivity contribution >= 4 is 17.5 Å². The minimum absolute atomic E-state index is 0.0666. The predicted molar refractivity (Wildman–Crippen MR) is 73.5 cm³/mol. The molecule has 0 aliphatic rings. The molecule has 0 unspecified atom stereocenters. The largest absolute Gasteiger partial charge is 0.508 e. The lowest BCUT2D eigenvalue weighted by atomic mass is 10.1. The highest BCUT2D eigenvalue weighted by atomic mass is 16.3. The number of aromatic nitrogens is 1. The standard InChI is InChI=1S/C14H10N4O3/c15-6-9-5-10(19)2-4-11(9)18-14(21)12-3-1-8(7-17-12)13(16)20/h1-5,7,19H,(H2,16,20)(H,18,21). The molecule has 0 radical (unpaired) electrons. The van der Waals surface area contributed by atoms with Gasteiger partial charge in [-0.25, -0.2) is 0 Å². The summed E-state index contributed by atoms with van der Waals surface area (Å²) in [6.45, 7) is 0. The number of nitrogens with one attached hydrogen (secondary N) is 1. The van der Waals surface area contributed by atoms with E-state index in [1.807, 2.05) is 6.07 Å². The van der Waals surface area contributed by atoms with Crippen molar-refractivity contribution in [2.24, 2.45) is 5.73 Å². The van der Waals surface area contributed by atoms with Crippen molar-refractivity contribution in [3.8, 4) is 11.8 Å². The molecular formula is C14H10N4O3. The van der Waals surface area contributed by atoms with Gasteiger partial charge in [0.25, 0.3) is 5.91 Å². The summed E-state index contributed by atoms with van der Waals surface area (Å²) in [6.07, 6.45) is 1.19. The highest BCUT2D eigenvalue weighted by Gasteiger charge is 2.11. The first-order chi connectivity index (χ1) is 10.0. The summed E-state index contributed by atoms with van der Waals surface area (Å²) < 4.78 is 0. The second-order valence-electron chi connectivity index (χ2n) is 4.09. The van der Waals surface area contributed by atoms with Gasteiger partial charge in [0.2, 0.25) is 5.91 Å². The highest BCUT2D eigenvalue weighted by Crippen LogP contribution is 2.20. The van der Waals surface area contributed by atoms with Crippen molar-refractivity contribution < 1.29 is 14.7 Å². The maximum Gasteiger partial charge on any atom is 0.274 e. The summed E-state index contributed by atoms with van der Waals surface area (Å²) in [4.78, 5) is 26.7. The quantitative estimate of drug-likeness (QED) is 0.723. The average Bonchev–Trinajstić information content (AvgIpc) is 2.49. The monoisotopic (exact) mass is 282 g/mol. The molecule has 0 fully saturated rings. The zero-order valence-corrected chi connectivity index (χ0v) is 10.7. The van der Waals surface area contributed by atoms with Crippen molar-refractivity contribution in [1.29, 1.82) is 5.26 Å². The van der Waals surface area contributed by atoms with Gasteiger partial charge in [-0.3, -0.25) is 14.6 Å². The Kier molecular flexibility index (Phi) is 3.81. The summed E-state index contributed by atoms with van der Waals surface area (Å²) in [5.41, 5.74) is 5.71. The summed E-state index contributed by atoms with van der Waals surface area (Å²) in [5.74, 6) is -1.26. The van der Waals surface area contributed by atoms with Crippen LogP contribution in [0.5, 0.6) is 5.75 Å². The first-order valence-electron chi connectivity index (χ1n) is 5.81. The summed E-state index contributed by atoms with van der Waals surface area (Å²) in [5, 5.41) is 20.7. The van der Waals surface area contributed by atoms with Crippen LogP contribution in [0.2, 0.25) is 0 Å². The zero-order valence-electron chi connectivity index (χ0n) is 10.7. The molecule has 0 bridgehead atoms. The maximum atomic E-state index is 12.0. The van der Waals surface area contributed by atoms with Crippen molar-refractivity contribution in [1.82, 2.24) is 4.98 Å². The van der Waals surface area contributed by atoms with Crippen molar-refractivity contribution in [2.45, 2.75) is 0 Å². The number of anilines is 1. The number of phenols is 1. The second-order valence-corrected chi connectivity index (χ2v) is 4.09. The minimum atomic E-state index is -0.639. The molecule has 0 spiro atoms. The minimum Gasteiger partial charge on any atom is -0.508 e. The topological polar surface area (TPSA) is 129 Å². The van der Waals surface area contributed by atoms with Gasteiger partial charge in [-0.2, -0.15) is 5.26 Å². The van der Waals surface area contributed by atoms with Gasteiger partial charge >= 0.3 is 0 Å². The number of hydrogen-bond donors (Lipinski definition) is 3. The number of phenolic OH excluding ortho intramolecular Hbond substituents is 1. The molecule has 2 amide bonds. The van der Waals surface area contributed by atoms with Gasteiger partial charge in [-0.1, -0.05) is 0 Å². The van der Waals surface area contributed by atoms with Crippen molar-refractivity contribution in [3.63, 3.8) is 0 Å². The number of nitrogens with zero attached hydrogens (tertiary/aromatic N) is 2. The lowest BCUT2D eigenvalue weighted by Gasteiger charge is -2.07. The Bertz CT molecular complexity index is 748. The molecule has 21 heavy (non-hydrogen) atoms. The number of benzene rings is 1. The summed E-state index contributed by atoms with van der Waals surface area (Å²) in [7, 11) is 0. The average molecular weight is 282 g/mol. The number of carbonyl (C=O) groups is 2. The third-order valence-corrected chi connectivity index (χ3v) is 2.65. The van der Waals surface area contributed by atoms with Gasteiger partial charge in [0, 0.05) is 6.20 Å². The number of amides is 2. The molecule has 2 aromatic rings. The number of nitriles is 1. The van der Waals surface area contributed by atoms with Crippen molar-refractivity contribution in [2.75, 3.05) is 5.32 Å². The van der Waals surface area contributed by atoms with E-state index < -0.39 is 11.8 Å². The molecule has 1 heterocycles. The van der Waals surface area contributed by atoms with E-state index in [9.17, 15) is 14.7 Å². The van der Waals surface area contributed by atoms with E-state index in [0.29, 0.717) is 0 Å². The lowest BCUT2D eigenvalue weighted by Crippen LogP contribution is -2.16. The van der Waals surface area contributed by atoms with Crippen LogP contribution in [0, 0.1) is 11.3 Å². The first kappa shape index (κ1) is 14.0. The van der Waals surface area contributed by atoms with Gasteiger partial charge in [0.05, 0.1) is 16.8 Å². The Morgan fingerprint density at radius 3 is 2.62 bits per heavy atom. The maximum absolute atomic E-state index is 12.0. The normalized spacial score (nSPS) is 9.67. The van der Waals surface area contributed by atoms with E-state index >= 15 is 0 Å². The zero-order chi connectivity index (χ0) is 15.4. The second kappa shape index (κ2) is 5.71. The predicted octanol–water partition coefficient (Wildman–Crippen LogP) is 1.01. The molecule has 4 N–H and O–H groups in total. The van der Waals surface area contributed by atoms with E-state index in [0.717, 1.165) is 0 Å². The molecule has 0 atom stereocenters. The number of aromatic hydroxyl groups is 1. The van der Waals surface area contributed by atoms with Crippen LogP contribution < -0.4 is 11.1 Å². The van der Waals surface area contributed by atoms with Crippen LogP contribution in [0.1, 0.15) is 26.4 Å². The third-order valence-electron chi connectivity index (χ3n) is 2.65. The molecular weight excluding hydrogens is 272 g/mol. The van der Waals surface area contributed by atoms with Gasteiger partial charge in [-0.15, -0.1) is 0 Å².